The minimum absolute atomic E-state index is 0. The molecule has 1 aliphatic heterocycles. The largest absolute Gasteiger partial charge is 0.385 e. The molecule has 0 aromatic rings. The highest BCUT2D eigenvalue weighted by Crippen LogP contribution is 2.13. The second-order valence-corrected chi connectivity index (χ2v) is 4.80. The van der Waals surface area contributed by atoms with Gasteiger partial charge < -0.3 is 15.4 Å². The molecule has 5 heteroatoms. The fourth-order valence-corrected chi connectivity index (χ4v) is 2.16. The van der Waals surface area contributed by atoms with Crippen molar-refractivity contribution in [2.45, 2.75) is 38.5 Å². The Hall–Kier alpha value is -0.320. The highest BCUT2D eigenvalue weighted by molar-refractivity contribution is 5.85. The second kappa shape index (κ2) is 11.8. The first-order chi connectivity index (χ1) is 8.33. The van der Waals surface area contributed by atoms with Crippen molar-refractivity contribution in [3.05, 3.63) is 0 Å². The predicted octanol–water partition coefficient (Wildman–Crippen LogP) is 1.73. The third-order valence-electron chi connectivity index (χ3n) is 3.29. The molecule has 4 nitrogen and oxygen atoms in total. The van der Waals surface area contributed by atoms with E-state index in [4.69, 9.17) is 4.74 Å². The van der Waals surface area contributed by atoms with E-state index in [2.05, 4.69) is 10.6 Å². The second-order valence-electron chi connectivity index (χ2n) is 4.80. The zero-order chi connectivity index (χ0) is 12.3. The van der Waals surface area contributed by atoms with Crippen LogP contribution in [-0.4, -0.2) is 39.3 Å². The Balaban J connectivity index is 0.00000289. The average molecular weight is 279 g/mol. The molecule has 0 aromatic heterocycles. The Kier molecular flexibility index (Phi) is 11.5. The van der Waals surface area contributed by atoms with E-state index in [0.29, 0.717) is 12.3 Å². The maximum Gasteiger partial charge on any atom is 0.220 e. The van der Waals surface area contributed by atoms with Crippen molar-refractivity contribution in [2.24, 2.45) is 5.92 Å². The molecule has 0 aromatic carbocycles. The first-order valence-corrected chi connectivity index (χ1v) is 6.79. The van der Waals surface area contributed by atoms with Gasteiger partial charge in [0.25, 0.3) is 0 Å². The summed E-state index contributed by atoms with van der Waals surface area (Å²) in [5.74, 6) is 0.922. The molecule has 1 atom stereocenters. The summed E-state index contributed by atoms with van der Waals surface area (Å²) in [6, 6.07) is 0. The Labute approximate surface area is 117 Å². The number of carbonyl (C=O) groups is 1. The van der Waals surface area contributed by atoms with Crippen molar-refractivity contribution in [3.63, 3.8) is 0 Å². The Morgan fingerprint density at radius 2 is 2.22 bits per heavy atom. The van der Waals surface area contributed by atoms with Gasteiger partial charge in [-0.2, -0.15) is 0 Å². The number of halogens is 1. The maximum absolute atomic E-state index is 11.5. The van der Waals surface area contributed by atoms with Gasteiger partial charge in [-0.15, -0.1) is 12.4 Å². The number of amides is 1. The molecule has 0 aliphatic carbocycles. The molecular formula is C13H27ClN2O2. The highest BCUT2D eigenvalue weighted by Gasteiger charge is 2.15. The lowest BCUT2D eigenvalue weighted by Gasteiger charge is -2.08. The third-order valence-corrected chi connectivity index (χ3v) is 3.29. The molecule has 1 heterocycles. The topological polar surface area (TPSA) is 50.4 Å². The zero-order valence-electron chi connectivity index (χ0n) is 11.4. The molecule has 2 N–H and O–H groups in total. The Bertz CT molecular complexity index is 209. The first kappa shape index (κ1) is 17.7. The number of hydrogen-bond acceptors (Lipinski definition) is 3. The quantitative estimate of drug-likeness (QED) is 0.632. The van der Waals surface area contributed by atoms with Crippen LogP contribution in [0.15, 0.2) is 0 Å². The summed E-state index contributed by atoms with van der Waals surface area (Å²) >= 11 is 0. The standard InChI is InChI=1S/C13H26N2O2.ClH/c1-17-10-4-2-3-8-15-13(16)6-5-12-7-9-14-11-12;/h12,14H,2-11H2,1H3,(H,15,16);1H. The molecule has 1 unspecified atom stereocenters. The van der Waals surface area contributed by atoms with E-state index in [1.807, 2.05) is 0 Å². The van der Waals surface area contributed by atoms with Crippen LogP contribution in [0.4, 0.5) is 0 Å². The van der Waals surface area contributed by atoms with E-state index >= 15 is 0 Å². The van der Waals surface area contributed by atoms with Gasteiger partial charge in [0.05, 0.1) is 0 Å². The van der Waals surface area contributed by atoms with E-state index in [-0.39, 0.29) is 18.3 Å². The van der Waals surface area contributed by atoms with Crippen molar-refractivity contribution >= 4 is 18.3 Å². The number of carbonyl (C=O) groups excluding carboxylic acids is 1. The summed E-state index contributed by atoms with van der Waals surface area (Å²) in [5, 5.41) is 6.31. The van der Waals surface area contributed by atoms with Crippen LogP contribution in [-0.2, 0) is 9.53 Å². The SMILES string of the molecule is COCCCCCNC(=O)CCC1CCNC1.Cl. The monoisotopic (exact) mass is 278 g/mol. The van der Waals surface area contributed by atoms with Crippen LogP contribution in [0.1, 0.15) is 38.5 Å². The van der Waals surface area contributed by atoms with Gasteiger partial charge in [-0.1, -0.05) is 0 Å². The van der Waals surface area contributed by atoms with Gasteiger partial charge in [-0.25, -0.2) is 0 Å². The predicted molar refractivity (Wildman–Crippen MR) is 76.2 cm³/mol. The van der Waals surface area contributed by atoms with Crippen LogP contribution in [0.2, 0.25) is 0 Å². The molecule has 1 fully saturated rings. The van der Waals surface area contributed by atoms with E-state index in [1.165, 1.54) is 6.42 Å². The summed E-state index contributed by atoms with van der Waals surface area (Å²) in [6.45, 7) is 3.84. The molecule has 1 amide bonds. The fraction of sp³-hybridized carbons (Fsp3) is 0.923. The smallest absolute Gasteiger partial charge is 0.220 e. The van der Waals surface area contributed by atoms with Gasteiger partial charge >= 0.3 is 0 Å². The first-order valence-electron chi connectivity index (χ1n) is 6.79. The maximum atomic E-state index is 11.5. The molecule has 0 radical (unpaired) electrons. The minimum atomic E-state index is 0. The molecule has 18 heavy (non-hydrogen) atoms. The number of rotatable bonds is 9. The molecular weight excluding hydrogens is 252 g/mol. The van der Waals surface area contributed by atoms with Crippen LogP contribution in [0, 0.1) is 5.92 Å². The van der Waals surface area contributed by atoms with Crippen LogP contribution in [0.5, 0.6) is 0 Å². The van der Waals surface area contributed by atoms with E-state index in [1.54, 1.807) is 7.11 Å². The van der Waals surface area contributed by atoms with E-state index in [0.717, 1.165) is 51.9 Å². The average Bonchev–Trinajstić information content (AvgIpc) is 2.84. The Morgan fingerprint density at radius 1 is 1.39 bits per heavy atom. The lowest BCUT2D eigenvalue weighted by molar-refractivity contribution is -0.121. The summed E-state index contributed by atoms with van der Waals surface area (Å²) in [5.41, 5.74) is 0. The number of methoxy groups -OCH3 is 1. The molecule has 1 aliphatic rings. The summed E-state index contributed by atoms with van der Waals surface area (Å²) in [6.07, 6.45) is 6.21. The van der Waals surface area contributed by atoms with Crippen molar-refractivity contribution in [3.8, 4) is 0 Å². The van der Waals surface area contributed by atoms with Crippen molar-refractivity contribution in [1.82, 2.24) is 10.6 Å². The number of nitrogens with one attached hydrogen (secondary N) is 2. The van der Waals surface area contributed by atoms with Gasteiger partial charge in [-0.3, -0.25) is 4.79 Å². The fourth-order valence-electron chi connectivity index (χ4n) is 2.16. The molecule has 0 bridgehead atoms. The summed E-state index contributed by atoms with van der Waals surface area (Å²) in [7, 11) is 1.72. The summed E-state index contributed by atoms with van der Waals surface area (Å²) in [4.78, 5) is 11.5. The van der Waals surface area contributed by atoms with Crippen molar-refractivity contribution in [1.29, 1.82) is 0 Å². The third kappa shape index (κ3) is 8.72. The molecule has 1 rings (SSSR count). The van der Waals surface area contributed by atoms with E-state index in [9.17, 15) is 4.79 Å². The number of ether oxygens (including phenoxy) is 1. The van der Waals surface area contributed by atoms with Crippen molar-refractivity contribution < 1.29 is 9.53 Å². The van der Waals surface area contributed by atoms with Gasteiger partial charge in [0, 0.05) is 26.7 Å². The molecule has 0 saturated carbocycles. The zero-order valence-corrected chi connectivity index (χ0v) is 12.2. The number of hydrogen-bond donors (Lipinski definition) is 2. The molecule has 0 spiro atoms. The van der Waals surface area contributed by atoms with Crippen LogP contribution < -0.4 is 10.6 Å². The van der Waals surface area contributed by atoms with Crippen LogP contribution >= 0.6 is 12.4 Å². The van der Waals surface area contributed by atoms with Gasteiger partial charge in [-0.05, 0) is 51.1 Å². The van der Waals surface area contributed by atoms with Crippen molar-refractivity contribution in [2.75, 3.05) is 33.4 Å². The van der Waals surface area contributed by atoms with Crippen LogP contribution in [0.25, 0.3) is 0 Å². The molecule has 1 saturated heterocycles. The lowest BCUT2D eigenvalue weighted by atomic mass is 10.0. The van der Waals surface area contributed by atoms with Gasteiger partial charge in [0.1, 0.15) is 0 Å². The highest BCUT2D eigenvalue weighted by atomic mass is 35.5. The van der Waals surface area contributed by atoms with Gasteiger partial charge in [0.2, 0.25) is 5.91 Å². The van der Waals surface area contributed by atoms with E-state index < -0.39 is 0 Å². The number of unbranched alkanes of at least 4 members (excludes halogenated alkanes) is 2. The minimum Gasteiger partial charge on any atom is -0.385 e. The van der Waals surface area contributed by atoms with Gasteiger partial charge in [0.15, 0.2) is 0 Å². The molecule has 108 valence electrons. The normalized spacial score (nSPS) is 18.4. The van der Waals surface area contributed by atoms with Crippen LogP contribution in [0.3, 0.4) is 0 Å². The lowest BCUT2D eigenvalue weighted by Crippen LogP contribution is -2.25. The Morgan fingerprint density at radius 3 is 2.89 bits per heavy atom. The summed E-state index contributed by atoms with van der Waals surface area (Å²) < 4.78 is 4.97.